The van der Waals surface area contributed by atoms with Gasteiger partial charge >= 0.3 is 5.97 Å². The van der Waals surface area contributed by atoms with Gasteiger partial charge in [0.15, 0.2) is 5.54 Å². The zero-order valence-electron chi connectivity index (χ0n) is 12.1. The van der Waals surface area contributed by atoms with Gasteiger partial charge in [-0.2, -0.15) is 0 Å². The molecule has 0 fully saturated rings. The largest absolute Gasteiger partial charge is 0.467 e. The maximum Gasteiger partial charge on any atom is 0.337 e. The first-order valence-corrected chi connectivity index (χ1v) is 6.75. The van der Waals surface area contributed by atoms with Crippen molar-refractivity contribution in [3.05, 3.63) is 53.1 Å². The molecule has 1 N–H and O–H groups in total. The number of nitrogens with zero attached hydrogens (tertiary/aromatic N) is 2. The fourth-order valence-corrected chi connectivity index (χ4v) is 2.35. The van der Waals surface area contributed by atoms with Crippen molar-refractivity contribution in [3.63, 3.8) is 0 Å². The number of hydrogen-bond donors (Lipinski definition) is 1. The van der Waals surface area contributed by atoms with Crippen molar-refractivity contribution in [2.24, 2.45) is 0 Å². The van der Waals surface area contributed by atoms with E-state index in [0.29, 0.717) is 22.1 Å². The minimum atomic E-state index is -1.15. The number of hydrogen-bond acceptors (Lipinski definition) is 5. The minimum Gasteiger partial charge on any atom is -0.467 e. The molecule has 0 bridgehead atoms. The third-order valence-corrected chi connectivity index (χ3v) is 3.40. The van der Waals surface area contributed by atoms with Crippen LogP contribution in [-0.2, 0) is 15.1 Å². The molecule has 110 valence electrons. The average molecular weight is 306 g/mol. The summed E-state index contributed by atoms with van der Waals surface area (Å²) in [7, 11) is 1.34. The summed E-state index contributed by atoms with van der Waals surface area (Å²) < 4.78 is 4.93. The highest BCUT2D eigenvalue weighted by molar-refractivity contribution is 6.30. The van der Waals surface area contributed by atoms with E-state index in [4.69, 9.17) is 16.3 Å². The smallest absolute Gasteiger partial charge is 0.337 e. The molecule has 21 heavy (non-hydrogen) atoms. The van der Waals surface area contributed by atoms with E-state index in [1.165, 1.54) is 7.11 Å². The first-order chi connectivity index (χ1) is 9.97. The summed E-state index contributed by atoms with van der Waals surface area (Å²) in [5.41, 5.74) is 0.704. The maximum atomic E-state index is 12.3. The predicted octanol–water partition coefficient (Wildman–Crippen LogP) is 2.94. The van der Waals surface area contributed by atoms with Gasteiger partial charge in [-0.05, 0) is 32.0 Å². The van der Waals surface area contributed by atoms with Crippen LogP contribution in [0.5, 0.6) is 0 Å². The Labute approximate surface area is 128 Å². The fraction of sp³-hybridized carbons (Fsp3) is 0.267. The first-order valence-electron chi connectivity index (χ1n) is 6.37. The summed E-state index contributed by atoms with van der Waals surface area (Å²) >= 11 is 5.98. The number of nitrogens with one attached hydrogen (secondary N) is 1. The summed E-state index contributed by atoms with van der Waals surface area (Å²) in [4.78, 5) is 20.8. The molecule has 2 aromatic rings. The normalized spacial score (nSPS) is 13.3. The summed E-state index contributed by atoms with van der Waals surface area (Å²) in [5, 5.41) is 3.71. The highest BCUT2D eigenvalue weighted by Gasteiger charge is 2.39. The molecule has 0 saturated carbocycles. The minimum absolute atomic E-state index is 0.453. The molecule has 1 aromatic carbocycles. The lowest BCUT2D eigenvalue weighted by Gasteiger charge is -2.29. The quantitative estimate of drug-likeness (QED) is 0.880. The van der Waals surface area contributed by atoms with Gasteiger partial charge in [-0.15, -0.1) is 0 Å². The van der Waals surface area contributed by atoms with Crippen LogP contribution in [0.15, 0.2) is 36.7 Å². The van der Waals surface area contributed by atoms with Crippen LogP contribution in [0.25, 0.3) is 0 Å². The summed E-state index contributed by atoms with van der Waals surface area (Å²) in [6.07, 6.45) is 3.12. The lowest BCUT2D eigenvalue weighted by Crippen LogP contribution is -2.43. The van der Waals surface area contributed by atoms with E-state index in [2.05, 4.69) is 15.3 Å². The van der Waals surface area contributed by atoms with Crippen molar-refractivity contribution >= 4 is 23.3 Å². The number of aromatic nitrogens is 2. The number of methoxy groups -OCH3 is 1. The van der Waals surface area contributed by atoms with Gasteiger partial charge in [0.1, 0.15) is 0 Å². The van der Waals surface area contributed by atoms with Crippen LogP contribution in [0.4, 0.5) is 5.69 Å². The Balaban J connectivity index is 2.48. The van der Waals surface area contributed by atoms with Crippen LogP contribution in [0.2, 0.25) is 5.02 Å². The molecular weight excluding hydrogens is 290 g/mol. The van der Waals surface area contributed by atoms with Crippen LogP contribution in [-0.4, -0.2) is 23.0 Å². The average Bonchev–Trinajstić information content (AvgIpc) is 2.46. The van der Waals surface area contributed by atoms with Gasteiger partial charge in [-0.1, -0.05) is 17.7 Å². The zero-order chi connectivity index (χ0) is 15.5. The number of carbonyl (C=O) groups excluding carboxylic acids is 1. The Bertz CT molecular complexity index is 663. The molecule has 1 aromatic heterocycles. The van der Waals surface area contributed by atoms with Crippen molar-refractivity contribution in [1.29, 1.82) is 0 Å². The fourth-order valence-electron chi connectivity index (χ4n) is 2.16. The second kappa shape index (κ2) is 6.10. The third kappa shape index (κ3) is 3.13. The Morgan fingerprint density at radius 1 is 1.33 bits per heavy atom. The van der Waals surface area contributed by atoms with Crippen molar-refractivity contribution in [1.82, 2.24) is 9.97 Å². The molecule has 0 spiro atoms. The molecular formula is C15H16ClN3O2. The lowest BCUT2D eigenvalue weighted by molar-refractivity contribution is -0.145. The first kappa shape index (κ1) is 15.3. The molecule has 2 rings (SSSR count). The number of rotatable bonds is 4. The molecule has 0 saturated heterocycles. The number of carbonyl (C=O) groups is 1. The monoisotopic (exact) mass is 305 g/mol. The molecule has 0 aliphatic carbocycles. The van der Waals surface area contributed by atoms with Gasteiger partial charge in [0.05, 0.1) is 18.5 Å². The van der Waals surface area contributed by atoms with Crippen LogP contribution < -0.4 is 5.32 Å². The number of aryl methyl sites for hydroxylation is 1. The second-order valence-corrected chi connectivity index (χ2v) is 5.18. The number of esters is 1. The van der Waals surface area contributed by atoms with E-state index in [0.717, 1.165) is 0 Å². The van der Waals surface area contributed by atoms with Crippen LogP contribution in [0, 0.1) is 6.92 Å². The van der Waals surface area contributed by atoms with E-state index in [1.807, 2.05) is 6.07 Å². The predicted molar refractivity (Wildman–Crippen MR) is 81.2 cm³/mol. The van der Waals surface area contributed by atoms with Crippen LogP contribution in [0.1, 0.15) is 18.3 Å². The summed E-state index contributed by atoms with van der Waals surface area (Å²) in [6.45, 7) is 3.50. The van der Waals surface area contributed by atoms with E-state index >= 15 is 0 Å². The highest BCUT2D eigenvalue weighted by Crippen LogP contribution is 2.28. The lowest BCUT2D eigenvalue weighted by atomic mass is 9.95. The molecule has 0 amide bonds. The van der Waals surface area contributed by atoms with Crippen molar-refractivity contribution in [3.8, 4) is 0 Å². The molecule has 0 aliphatic rings. The topological polar surface area (TPSA) is 64.1 Å². The number of benzene rings is 1. The molecule has 1 unspecified atom stereocenters. The van der Waals surface area contributed by atoms with Crippen molar-refractivity contribution in [2.75, 3.05) is 12.4 Å². The number of halogens is 1. The summed E-state index contributed by atoms with van der Waals surface area (Å²) in [5.74, 6) is -0.453. The Morgan fingerprint density at radius 3 is 2.67 bits per heavy atom. The molecule has 0 radical (unpaired) electrons. The molecule has 1 heterocycles. The van der Waals surface area contributed by atoms with Gasteiger partial charge in [-0.25, -0.2) is 4.79 Å². The van der Waals surface area contributed by atoms with Crippen molar-refractivity contribution < 1.29 is 9.53 Å². The highest BCUT2D eigenvalue weighted by atomic mass is 35.5. The van der Waals surface area contributed by atoms with Gasteiger partial charge in [-0.3, -0.25) is 9.97 Å². The van der Waals surface area contributed by atoms with Gasteiger partial charge in [0.2, 0.25) is 0 Å². The van der Waals surface area contributed by atoms with Gasteiger partial charge < -0.3 is 10.1 Å². The van der Waals surface area contributed by atoms with E-state index < -0.39 is 11.5 Å². The Hall–Kier alpha value is -2.14. The van der Waals surface area contributed by atoms with Gasteiger partial charge in [0, 0.05) is 23.1 Å². The molecule has 6 heteroatoms. The number of anilines is 1. The van der Waals surface area contributed by atoms with Crippen LogP contribution in [0.3, 0.4) is 0 Å². The van der Waals surface area contributed by atoms with Gasteiger partial charge in [0.25, 0.3) is 0 Å². The summed E-state index contributed by atoms with van der Waals surface area (Å²) in [6, 6.07) is 7.11. The second-order valence-electron chi connectivity index (χ2n) is 4.74. The number of ether oxygens (including phenoxy) is 1. The van der Waals surface area contributed by atoms with Crippen molar-refractivity contribution in [2.45, 2.75) is 19.4 Å². The third-order valence-electron chi connectivity index (χ3n) is 3.17. The molecule has 5 nitrogen and oxygen atoms in total. The zero-order valence-corrected chi connectivity index (χ0v) is 12.8. The Morgan fingerprint density at radius 2 is 2.05 bits per heavy atom. The standard InChI is InChI=1S/C15H16ClN3O2/c1-10-13(18-8-7-17-10)15(2,14(20)21-3)19-12-6-4-5-11(16)9-12/h4-9,19H,1-3H3. The Kier molecular flexibility index (Phi) is 4.43. The SMILES string of the molecule is COC(=O)C(C)(Nc1cccc(Cl)c1)c1nccnc1C. The van der Waals surface area contributed by atoms with Crippen LogP contribution >= 0.6 is 11.6 Å². The van der Waals surface area contributed by atoms with E-state index in [-0.39, 0.29) is 0 Å². The van der Waals surface area contributed by atoms with E-state index in [1.54, 1.807) is 44.4 Å². The maximum absolute atomic E-state index is 12.3. The molecule has 1 atom stereocenters. The van der Waals surface area contributed by atoms with E-state index in [9.17, 15) is 4.79 Å². The molecule has 0 aliphatic heterocycles.